The van der Waals surface area contributed by atoms with E-state index in [1.54, 1.807) is 0 Å². The molecule has 4 atom stereocenters. The fraction of sp³-hybridized carbons (Fsp3) is 0.387. The second kappa shape index (κ2) is 23.8. The number of hydrogen-bond acceptors (Lipinski definition) is 4. The van der Waals surface area contributed by atoms with E-state index in [-0.39, 0.29) is 25.1 Å². The molecule has 0 amide bonds. The van der Waals surface area contributed by atoms with Crippen molar-refractivity contribution in [2.24, 2.45) is 0 Å². The van der Waals surface area contributed by atoms with Crippen LogP contribution in [-0.4, -0.2) is 20.7 Å². The standard InChI is InChI=1S/C48H64O4S2.2C7H7.Zr/c1-29-19-31(3)45(32(4)20-29)51-39-25-37(47(7,8)9)23-35(43(39)49)27-53-41-17-15-13-14-16-18-42(41)54-28-36-24-38(48(10,11)12)26-40(44(36)50)52-46-33(5)21-30(2)22-34(46)6;2*1-7-5-3-2-4-6-7;/h19-26,41-42,49-50H,13-18,27-28H2,1-12H3;2*2-6H,1H2;/q;2*-1;/t41-,42?;;;/m0.../s1. The van der Waals surface area contributed by atoms with Crippen LogP contribution in [0.1, 0.15) is 147 Å². The zero-order valence-corrected chi connectivity index (χ0v) is 47.7. The van der Waals surface area contributed by atoms with E-state index in [0.29, 0.717) is 33.5 Å². The fourth-order valence-electron chi connectivity index (χ4n) is 9.34. The molecule has 1 aliphatic carbocycles. The second-order valence-electron chi connectivity index (χ2n) is 21.4. The van der Waals surface area contributed by atoms with Crippen LogP contribution < -0.4 is 9.47 Å². The van der Waals surface area contributed by atoms with Crippen molar-refractivity contribution >= 4 is 14.2 Å². The molecule has 0 bridgehead atoms. The van der Waals surface area contributed by atoms with Gasteiger partial charge in [0.15, 0.2) is 0 Å². The van der Waals surface area contributed by atoms with Crippen molar-refractivity contribution in [3.8, 4) is 34.5 Å². The van der Waals surface area contributed by atoms with Gasteiger partial charge >= 0.3 is 346 Å². The van der Waals surface area contributed by atoms with Crippen molar-refractivity contribution < 1.29 is 38.8 Å². The molecule has 0 radical (unpaired) electrons. The normalized spacial score (nSPS) is 17.9. The predicted octanol–water partition coefficient (Wildman–Crippen LogP) is 18.1. The first-order chi connectivity index (χ1) is 32.6. The molecule has 0 aromatic heterocycles. The monoisotopic (exact) mass is 1040 g/mol. The molecule has 0 saturated heterocycles. The molecule has 0 spiro atoms. The summed E-state index contributed by atoms with van der Waals surface area (Å²) < 4.78 is 13.3. The molecule has 7 heteroatoms. The number of aromatic hydroxyl groups is 2. The molecule has 6 aromatic carbocycles. The van der Waals surface area contributed by atoms with Gasteiger partial charge in [0.05, 0.1) is 0 Å². The fourth-order valence-corrected chi connectivity index (χ4v) is 38.2. The largest absolute Gasteiger partial charge is 0.199 e. The van der Waals surface area contributed by atoms with Crippen molar-refractivity contribution in [2.75, 3.05) is 0 Å². The van der Waals surface area contributed by atoms with Gasteiger partial charge in [0.2, 0.25) is 0 Å². The first-order valence-electron chi connectivity index (χ1n) is 24.7. The summed E-state index contributed by atoms with van der Waals surface area (Å²) in [5.74, 6) is 5.33. The minimum absolute atomic E-state index is 0.0885. The third-order valence-electron chi connectivity index (χ3n) is 13.1. The Bertz CT molecular complexity index is 2560. The number of phenolic OH excluding ortho intramolecular Hbond substituents is 2. The Kier molecular flexibility index (Phi) is 18.7. The van der Waals surface area contributed by atoms with Crippen LogP contribution in [0.3, 0.4) is 0 Å². The van der Waals surface area contributed by atoms with Gasteiger partial charge in [0.25, 0.3) is 0 Å². The maximum absolute atomic E-state index is 12.0. The molecule has 1 saturated carbocycles. The van der Waals surface area contributed by atoms with E-state index < -0.39 is 19.2 Å². The topological polar surface area (TPSA) is 58.9 Å². The summed E-state index contributed by atoms with van der Waals surface area (Å²) >= 11 is -0.952. The zero-order chi connectivity index (χ0) is 50.2. The Morgan fingerprint density at radius 1 is 0.507 bits per heavy atom. The van der Waals surface area contributed by atoms with Crippen molar-refractivity contribution in [1.82, 2.24) is 0 Å². The van der Waals surface area contributed by atoms with Gasteiger partial charge in [-0.25, -0.2) is 0 Å². The minimum Gasteiger partial charge on any atom is -0.199 e. The van der Waals surface area contributed by atoms with Crippen LogP contribution in [0.4, 0.5) is 0 Å². The Morgan fingerprint density at radius 2 is 0.841 bits per heavy atom. The van der Waals surface area contributed by atoms with Gasteiger partial charge in [-0.3, -0.25) is 0 Å². The molecule has 1 fully saturated rings. The Labute approximate surface area is 428 Å². The van der Waals surface area contributed by atoms with Gasteiger partial charge in [-0.2, -0.15) is 49.2 Å². The first-order valence-corrected chi connectivity index (χ1v) is 33.7. The maximum Gasteiger partial charge on any atom is -0.0866 e. The van der Waals surface area contributed by atoms with Gasteiger partial charge in [-0.1, -0.05) is 12.1 Å². The third kappa shape index (κ3) is 14.7. The minimum atomic E-state index is -0.952. The number of phenols is 2. The summed E-state index contributed by atoms with van der Waals surface area (Å²) in [5, 5.41) is 25.5. The van der Waals surface area contributed by atoms with Gasteiger partial charge in [-0.15, -0.1) is 24.3 Å². The van der Waals surface area contributed by atoms with Crippen LogP contribution in [0.25, 0.3) is 0 Å². The molecule has 2 unspecified atom stereocenters. The van der Waals surface area contributed by atoms with Gasteiger partial charge < -0.3 is 0 Å². The summed E-state index contributed by atoms with van der Waals surface area (Å²) in [5.41, 5.74) is 13.3. The molecule has 368 valence electrons. The molecule has 2 N–H and O–H groups in total. The van der Waals surface area contributed by atoms with E-state index >= 15 is 0 Å². The Morgan fingerprint density at radius 3 is 1.13 bits per heavy atom. The molecule has 8 rings (SSSR count). The van der Waals surface area contributed by atoms with Crippen LogP contribution in [0.15, 0.2) is 109 Å². The molecule has 2 aliphatic rings. The molecular weight excluding hydrogens is 964 g/mol. The number of hydrogen-bond donors (Lipinski definition) is 2. The van der Waals surface area contributed by atoms with Crippen molar-refractivity contribution in [3.63, 3.8) is 0 Å². The molecule has 1 heterocycles. The molecule has 69 heavy (non-hydrogen) atoms. The average Bonchev–Trinajstić information content (AvgIpc) is 3.56. The van der Waals surface area contributed by atoms with Gasteiger partial charge in [0, 0.05) is 0 Å². The molecule has 6 aromatic rings. The van der Waals surface area contributed by atoms with E-state index in [0.717, 1.165) is 67.5 Å². The smallest absolute Gasteiger partial charge is 0.0866 e. The van der Waals surface area contributed by atoms with Crippen molar-refractivity contribution in [1.29, 1.82) is 0 Å². The van der Waals surface area contributed by atoms with Crippen LogP contribution in [0.2, 0.25) is 0 Å². The van der Waals surface area contributed by atoms with E-state index in [2.05, 4.69) is 145 Å². The summed E-state index contributed by atoms with van der Waals surface area (Å²) in [7, 11) is 0.500. The van der Waals surface area contributed by atoms with Crippen LogP contribution in [0.5, 0.6) is 34.5 Å². The quantitative estimate of drug-likeness (QED) is 0.149. The van der Waals surface area contributed by atoms with E-state index in [9.17, 15) is 10.2 Å². The SMILES string of the molecule is Cc1cc(C)c(Oc2cc(C(C)(C)C)cc(C[S]3=[Zr]=[S@@](Cc4cc(C(C)(C)C)cc(Oc5c(C)cc(C)cc5C)c4O)C4CCCCCC[C@@H]43)c2O)c(C)c1.[CH2-]c1ccccc1.[CH2-]c1ccccc1. The van der Waals surface area contributed by atoms with E-state index in [4.69, 9.17) is 9.47 Å². The third-order valence-corrected chi connectivity index (χ3v) is 34.9. The summed E-state index contributed by atoms with van der Waals surface area (Å²) in [6.07, 6.45) is 7.82. The van der Waals surface area contributed by atoms with Crippen molar-refractivity contribution in [3.05, 3.63) is 190 Å². The number of fused-ring (bicyclic) bond motifs is 1. The number of aryl methyl sites for hydroxylation is 6. The summed E-state index contributed by atoms with van der Waals surface area (Å²) in [6.45, 7) is 33.6. The molecule has 4 nitrogen and oxygen atoms in total. The number of benzene rings is 6. The summed E-state index contributed by atoms with van der Waals surface area (Å²) in [4.78, 5) is 0. The second-order valence-corrected chi connectivity index (χ2v) is 37.0. The maximum atomic E-state index is 12.0. The Balaban J connectivity index is 0.000000477. The predicted molar refractivity (Wildman–Crippen MR) is 295 cm³/mol. The molecule has 1 aliphatic heterocycles. The molecular formula is C62H78O4S2Zr-2. The van der Waals surface area contributed by atoms with Crippen LogP contribution in [-0.2, 0) is 41.5 Å². The average molecular weight is 1040 g/mol. The summed E-state index contributed by atoms with van der Waals surface area (Å²) in [6, 6.07) is 37.1. The van der Waals surface area contributed by atoms with Crippen LogP contribution in [0, 0.1) is 55.4 Å². The first kappa shape index (κ1) is 54.2. The zero-order valence-electron chi connectivity index (χ0n) is 43.6. The van der Waals surface area contributed by atoms with E-state index in [1.807, 2.05) is 60.7 Å². The number of ether oxygens (including phenoxy) is 2. The van der Waals surface area contributed by atoms with Crippen molar-refractivity contribution in [2.45, 2.75) is 154 Å². The Hall–Kier alpha value is -4.16. The number of rotatable bonds is 8. The van der Waals surface area contributed by atoms with Gasteiger partial charge in [0.1, 0.15) is 0 Å². The van der Waals surface area contributed by atoms with E-state index in [1.165, 1.54) is 60.8 Å². The van der Waals surface area contributed by atoms with Gasteiger partial charge in [-0.05, 0) is 0 Å². The van der Waals surface area contributed by atoms with Crippen LogP contribution >= 0.6 is 14.2 Å².